The highest BCUT2D eigenvalue weighted by atomic mass is 32.2. The van der Waals surface area contributed by atoms with Crippen LogP contribution in [-0.4, -0.2) is 45.9 Å². The first-order chi connectivity index (χ1) is 14.6. The van der Waals surface area contributed by atoms with Gasteiger partial charge in [0.2, 0.25) is 0 Å². The summed E-state index contributed by atoms with van der Waals surface area (Å²) in [7, 11) is 2.92. The average Bonchev–Trinajstić information content (AvgIpc) is 3.11. The van der Waals surface area contributed by atoms with Gasteiger partial charge in [-0.1, -0.05) is 0 Å². The molecule has 0 bridgehead atoms. The Bertz CT molecular complexity index is 1100. The maximum atomic E-state index is 13.4. The van der Waals surface area contributed by atoms with Crippen molar-refractivity contribution in [3.05, 3.63) is 29.6 Å². The molecule has 1 aromatic carbocycles. The van der Waals surface area contributed by atoms with E-state index < -0.39 is 34.9 Å². The second kappa shape index (κ2) is 7.34. The summed E-state index contributed by atoms with van der Waals surface area (Å²) in [5.74, 6) is -0.392. The number of methoxy groups -OCH3 is 2. The molecule has 13 heteroatoms. The predicted molar refractivity (Wildman–Crippen MR) is 99.4 cm³/mol. The SMILES string of the molecule is COc1cnc(C[S+]([O-])c2nc3cc4c(cc3[nH]2)OC(F)(F)C(F)(F)O4)c(C)c1OC. The van der Waals surface area contributed by atoms with Crippen molar-refractivity contribution in [1.82, 2.24) is 15.0 Å². The molecule has 2 aromatic heterocycles. The van der Waals surface area contributed by atoms with Crippen LogP contribution in [0.2, 0.25) is 0 Å². The molecule has 1 atom stereocenters. The summed E-state index contributed by atoms with van der Waals surface area (Å²) in [5.41, 5.74) is 1.32. The standard InChI is InChI=1S/C18H15F4N3O5S/c1-8-11(23-6-14(27-2)15(8)28-3)7-31(26)16-24-9-4-12-13(5-10(9)25-16)30-18(21,22)17(19,20)29-12/h4-6H,7H2,1-3H3,(H,24,25). The van der Waals surface area contributed by atoms with Gasteiger partial charge in [-0.15, -0.1) is 0 Å². The number of imidazole rings is 1. The Morgan fingerprint density at radius 2 is 1.74 bits per heavy atom. The Balaban J connectivity index is 1.64. The van der Waals surface area contributed by atoms with Crippen LogP contribution in [-0.2, 0) is 16.9 Å². The molecular weight excluding hydrogens is 446 g/mol. The number of nitrogens with one attached hydrogen (secondary N) is 1. The minimum atomic E-state index is -4.84. The summed E-state index contributed by atoms with van der Waals surface area (Å²) in [5, 5.41) is -0.00754. The van der Waals surface area contributed by atoms with Crippen LogP contribution in [0.15, 0.2) is 23.5 Å². The van der Waals surface area contributed by atoms with Gasteiger partial charge in [0.15, 0.2) is 28.8 Å². The van der Waals surface area contributed by atoms with E-state index in [0.717, 1.165) is 12.1 Å². The van der Waals surface area contributed by atoms with Crippen molar-refractivity contribution >= 4 is 22.2 Å². The van der Waals surface area contributed by atoms with Crippen molar-refractivity contribution in [2.24, 2.45) is 0 Å². The first-order valence-electron chi connectivity index (χ1n) is 8.68. The van der Waals surface area contributed by atoms with E-state index in [-0.39, 0.29) is 21.9 Å². The lowest BCUT2D eigenvalue weighted by Gasteiger charge is -2.31. The zero-order valence-corrected chi connectivity index (χ0v) is 17.1. The van der Waals surface area contributed by atoms with Crippen LogP contribution in [0, 0.1) is 6.92 Å². The van der Waals surface area contributed by atoms with Crippen molar-refractivity contribution in [2.75, 3.05) is 14.2 Å². The predicted octanol–water partition coefficient (Wildman–Crippen LogP) is 3.55. The molecular formula is C18H15F4N3O5S. The highest BCUT2D eigenvalue weighted by molar-refractivity contribution is 7.90. The second-order valence-corrected chi connectivity index (χ2v) is 7.88. The summed E-state index contributed by atoms with van der Waals surface area (Å²) in [6, 6.07) is 2.03. The van der Waals surface area contributed by atoms with E-state index in [1.165, 1.54) is 20.4 Å². The lowest BCUT2D eigenvalue weighted by atomic mass is 10.2. The number of fused-ring (bicyclic) bond motifs is 2. The van der Waals surface area contributed by atoms with Crippen molar-refractivity contribution in [2.45, 2.75) is 30.1 Å². The zero-order chi connectivity index (χ0) is 22.6. The van der Waals surface area contributed by atoms with E-state index in [4.69, 9.17) is 9.47 Å². The number of aromatic nitrogens is 3. The van der Waals surface area contributed by atoms with Gasteiger partial charge in [0.05, 0.1) is 37.1 Å². The third kappa shape index (κ3) is 3.57. The molecule has 166 valence electrons. The van der Waals surface area contributed by atoms with E-state index in [1.54, 1.807) is 6.92 Å². The number of H-pyrrole nitrogens is 1. The molecule has 8 nitrogen and oxygen atoms in total. The summed E-state index contributed by atoms with van der Waals surface area (Å²) in [4.78, 5) is 11.0. The van der Waals surface area contributed by atoms with Gasteiger partial charge >= 0.3 is 17.4 Å². The van der Waals surface area contributed by atoms with Crippen molar-refractivity contribution in [1.29, 1.82) is 0 Å². The Morgan fingerprint density at radius 3 is 2.35 bits per heavy atom. The van der Waals surface area contributed by atoms with Gasteiger partial charge in [-0.05, 0) is 6.92 Å². The molecule has 0 fully saturated rings. The molecule has 1 N–H and O–H groups in total. The molecule has 31 heavy (non-hydrogen) atoms. The normalized spacial score (nSPS) is 17.4. The molecule has 0 saturated heterocycles. The van der Waals surface area contributed by atoms with Gasteiger partial charge in [-0.25, -0.2) is 0 Å². The van der Waals surface area contributed by atoms with E-state index in [0.29, 0.717) is 22.8 Å². The molecule has 0 saturated carbocycles. The van der Waals surface area contributed by atoms with Crippen LogP contribution in [0.4, 0.5) is 17.6 Å². The highest BCUT2D eigenvalue weighted by Gasteiger charge is 2.66. The van der Waals surface area contributed by atoms with Crippen molar-refractivity contribution in [3.63, 3.8) is 0 Å². The molecule has 0 radical (unpaired) electrons. The third-order valence-electron chi connectivity index (χ3n) is 4.58. The molecule has 0 spiro atoms. The molecule has 1 aliphatic rings. The van der Waals surface area contributed by atoms with Gasteiger partial charge in [-0.2, -0.15) is 22.5 Å². The average molecular weight is 461 g/mol. The molecule has 0 aliphatic carbocycles. The molecule has 3 aromatic rings. The van der Waals surface area contributed by atoms with Gasteiger partial charge in [0, 0.05) is 28.9 Å². The monoisotopic (exact) mass is 461 g/mol. The van der Waals surface area contributed by atoms with Crippen LogP contribution in [0.3, 0.4) is 0 Å². The van der Waals surface area contributed by atoms with Crippen LogP contribution >= 0.6 is 0 Å². The first-order valence-corrected chi connectivity index (χ1v) is 10.0. The lowest BCUT2D eigenvalue weighted by molar-refractivity contribution is -0.391. The molecule has 0 amide bonds. The smallest absolute Gasteiger partial charge is 0.507 e. The Morgan fingerprint density at radius 1 is 1.10 bits per heavy atom. The van der Waals surface area contributed by atoms with Crippen LogP contribution < -0.4 is 18.9 Å². The molecule has 1 aliphatic heterocycles. The Hall–Kier alpha value is -2.93. The minimum absolute atomic E-state index is 0.00754. The number of rotatable bonds is 5. The van der Waals surface area contributed by atoms with Gasteiger partial charge in [0.25, 0.3) is 0 Å². The van der Waals surface area contributed by atoms with Crippen LogP contribution in [0.25, 0.3) is 11.0 Å². The van der Waals surface area contributed by atoms with Crippen LogP contribution in [0.1, 0.15) is 11.3 Å². The first kappa shape index (κ1) is 21.3. The summed E-state index contributed by atoms with van der Waals surface area (Å²) < 4.78 is 85.1. The van der Waals surface area contributed by atoms with Crippen LogP contribution in [0.5, 0.6) is 23.0 Å². The molecule has 3 heterocycles. The van der Waals surface area contributed by atoms with Crippen molar-refractivity contribution < 1.29 is 41.1 Å². The number of hydrogen-bond acceptors (Lipinski definition) is 7. The number of benzene rings is 1. The summed E-state index contributed by atoms with van der Waals surface area (Å²) >= 11 is -1.73. The fourth-order valence-electron chi connectivity index (χ4n) is 3.00. The number of halogens is 4. The third-order valence-corrected chi connectivity index (χ3v) is 5.74. The van der Waals surface area contributed by atoms with Crippen molar-refractivity contribution in [3.8, 4) is 23.0 Å². The lowest BCUT2D eigenvalue weighted by Crippen LogP contribution is -2.52. The topological polar surface area (TPSA) is 102 Å². The van der Waals surface area contributed by atoms with Gasteiger partial charge in [0.1, 0.15) is 0 Å². The van der Waals surface area contributed by atoms with E-state index in [2.05, 4.69) is 24.4 Å². The molecule has 4 rings (SSSR count). The molecule has 1 unspecified atom stereocenters. The summed E-state index contributed by atoms with van der Waals surface area (Å²) in [6.45, 7) is 1.72. The largest absolute Gasteiger partial charge is 0.609 e. The number of ether oxygens (including phenoxy) is 4. The summed E-state index contributed by atoms with van der Waals surface area (Å²) in [6.07, 6.45) is -8.25. The van der Waals surface area contributed by atoms with E-state index in [1.807, 2.05) is 0 Å². The Labute approximate surface area is 175 Å². The number of pyridine rings is 1. The quantitative estimate of drug-likeness (QED) is 0.458. The van der Waals surface area contributed by atoms with Gasteiger partial charge < -0.3 is 23.5 Å². The highest BCUT2D eigenvalue weighted by Crippen LogP contribution is 2.48. The fraction of sp³-hybridized carbons (Fsp3) is 0.333. The number of hydrogen-bond donors (Lipinski definition) is 1. The Kier molecular flexibility index (Phi) is 5.04. The minimum Gasteiger partial charge on any atom is -0.609 e. The number of nitrogens with zero attached hydrogens (tertiary/aromatic N) is 2. The van der Waals surface area contributed by atoms with E-state index in [9.17, 15) is 22.1 Å². The van der Waals surface area contributed by atoms with E-state index >= 15 is 0 Å². The number of alkyl halides is 4. The second-order valence-electron chi connectivity index (χ2n) is 6.52. The number of aromatic amines is 1. The fourth-order valence-corrected chi connectivity index (χ4v) is 4.10. The van der Waals surface area contributed by atoms with Gasteiger partial charge in [-0.3, -0.25) is 9.97 Å². The zero-order valence-electron chi connectivity index (χ0n) is 16.3. The maximum absolute atomic E-state index is 13.4. The maximum Gasteiger partial charge on any atom is 0.507 e.